The van der Waals surface area contributed by atoms with Gasteiger partial charge in [-0.15, -0.1) is 0 Å². The summed E-state index contributed by atoms with van der Waals surface area (Å²) in [5, 5.41) is 2.78. The number of aryl methyl sites for hydroxylation is 1. The summed E-state index contributed by atoms with van der Waals surface area (Å²) in [6, 6.07) is 9.97. The molecule has 0 heterocycles. The minimum absolute atomic E-state index is 0.182. The van der Waals surface area contributed by atoms with Gasteiger partial charge in [0.05, 0.1) is 11.9 Å². The van der Waals surface area contributed by atoms with Gasteiger partial charge in [0.25, 0.3) is 0 Å². The predicted octanol–water partition coefficient (Wildman–Crippen LogP) is 3.85. The van der Waals surface area contributed by atoms with Crippen LogP contribution in [0, 0.1) is 18.7 Å². The topological polar surface area (TPSA) is 86.8 Å². The molecule has 1 unspecified atom stereocenters. The van der Waals surface area contributed by atoms with Gasteiger partial charge in [-0.25, -0.2) is 12.8 Å². The van der Waals surface area contributed by atoms with Crippen molar-refractivity contribution in [2.24, 2.45) is 5.92 Å². The van der Waals surface area contributed by atoms with Gasteiger partial charge in [0.2, 0.25) is 21.8 Å². The molecule has 0 fully saturated rings. The minimum atomic E-state index is -3.83. The summed E-state index contributed by atoms with van der Waals surface area (Å²) in [4.78, 5) is 27.4. The second-order valence-corrected chi connectivity index (χ2v) is 11.4. The minimum Gasteiger partial charge on any atom is -0.354 e. The van der Waals surface area contributed by atoms with Gasteiger partial charge in [0.1, 0.15) is 18.4 Å². The van der Waals surface area contributed by atoms with Crippen LogP contribution in [0.1, 0.15) is 31.9 Å². The molecule has 1 atom stereocenters. The van der Waals surface area contributed by atoms with E-state index in [4.69, 9.17) is 0 Å². The molecule has 2 rings (SSSR count). The first-order valence-electron chi connectivity index (χ1n) is 10.9. The highest BCUT2D eigenvalue weighted by Gasteiger charge is 2.30. The van der Waals surface area contributed by atoms with Gasteiger partial charge in [0.15, 0.2) is 0 Å². The number of benzene rings is 2. The highest BCUT2D eigenvalue weighted by atomic mass is 79.9. The Bertz CT molecular complexity index is 1140. The smallest absolute Gasteiger partial charge is 0.244 e. The SMILES string of the molecule is Cc1cc(N(CC(=O)N(Cc2ccccc2F)C(C)C(=O)NCC(C)C)S(C)(=O)=O)ccc1Br. The van der Waals surface area contributed by atoms with Crippen LogP contribution in [-0.2, 0) is 26.2 Å². The van der Waals surface area contributed by atoms with E-state index >= 15 is 0 Å². The Morgan fingerprint density at radius 1 is 1.12 bits per heavy atom. The summed E-state index contributed by atoms with van der Waals surface area (Å²) in [7, 11) is -3.83. The zero-order chi connectivity index (χ0) is 25.6. The van der Waals surface area contributed by atoms with Crippen molar-refractivity contribution in [2.75, 3.05) is 23.7 Å². The first kappa shape index (κ1) is 27.8. The molecule has 34 heavy (non-hydrogen) atoms. The number of halogens is 2. The summed E-state index contributed by atoms with van der Waals surface area (Å²) in [6.07, 6.45) is 1.01. The van der Waals surface area contributed by atoms with Crippen molar-refractivity contribution in [1.29, 1.82) is 0 Å². The predicted molar refractivity (Wildman–Crippen MR) is 135 cm³/mol. The first-order chi connectivity index (χ1) is 15.8. The van der Waals surface area contributed by atoms with Crippen LogP contribution in [0.4, 0.5) is 10.1 Å². The van der Waals surface area contributed by atoms with E-state index in [-0.39, 0.29) is 18.0 Å². The molecule has 2 amide bonds. The Morgan fingerprint density at radius 2 is 1.76 bits per heavy atom. The van der Waals surface area contributed by atoms with Crippen LogP contribution in [-0.4, -0.2) is 50.5 Å². The van der Waals surface area contributed by atoms with E-state index in [2.05, 4.69) is 21.2 Å². The van der Waals surface area contributed by atoms with Crippen molar-refractivity contribution in [3.8, 4) is 0 Å². The molecule has 0 bridgehead atoms. The maximum atomic E-state index is 14.4. The molecule has 0 spiro atoms. The molecule has 0 aliphatic heterocycles. The van der Waals surface area contributed by atoms with Crippen LogP contribution in [0.25, 0.3) is 0 Å². The van der Waals surface area contributed by atoms with Crippen LogP contribution >= 0.6 is 15.9 Å². The normalized spacial score (nSPS) is 12.4. The molecule has 0 saturated carbocycles. The highest BCUT2D eigenvalue weighted by Crippen LogP contribution is 2.25. The van der Waals surface area contributed by atoms with Crippen LogP contribution in [0.3, 0.4) is 0 Å². The molecule has 7 nitrogen and oxygen atoms in total. The fourth-order valence-corrected chi connectivity index (χ4v) is 4.33. The second-order valence-electron chi connectivity index (χ2n) is 8.63. The maximum absolute atomic E-state index is 14.4. The lowest BCUT2D eigenvalue weighted by Crippen LogP contribution is -2.51. The number of nitrogens with one attached hydrogen (secondary N) is 1. The van der Waals surface area contributed by atoms with Gasteiger partial charge in [-0.05, 0) is 49.6 Å². The molecule has 2 aromatic carbocycles. The molecule has 0 aliphatic carbocycles. The van der Waals surface area contributed by atoms with Crippen molar-refractivity contribution < 1.29 is 22.4 Å². The zero-order valence-electron chi connectivity index (χ0n) is 20.0. The zero-order valence-corrected chi connectivity index (χ0v) is 22.4. The lowest BCUT2D eigenvalue weighted by molar-refractivity contribution is -0.139. The molecule has 10 heteroatoms. The van der Waals surface area contributed by atoms with Crippen LogP contribution in [0.5, 0.6) is 0 Å². The quantitative estimate of drug-likeness (QED) is 0.482. The largest absolute Gasteiger partial charge is 0.354 e. The van der Waals surface area contributed by atoms with E-state index < -0.39 is 40.2 Å². The number of carbonyl (C=O) groups excluding carboxylic acids is 2. The van der Waals surface area contributed by atoms with Crippen molar-refractivity contribution in [3.63, 3.8) is 0 Å². The molecule has 0 aromatic heterocycles. The number of hydrogen-bond donors (Lipinski definition) is 1. The fraction of sp³-hybridized carbons (Fsp3) is 0.417. The molecule has 186 valence electrons. The Labute approximate surface area is 209 Å². The van der Waals surface area contributed by atoms with Crippen molar-refractivity contribution >= 4 is 43.5 Å². The van der Waals surface area contributed by atoms with Crippen molar-refractivity contribution in [1.82, 2.24) is 10.2 Å². The Kier molecular flexibility index (Phi) is 9.64. The molecular weight excluding hydrogens is 525 g/mol. The molecule has 0 radical (unpaired) electrons. The lowest BCUT2D eigenvalue weighted by atomic mass is 10.1. The molecule has 2 aromatic rings. The number of anilines is 1. The monoisotopic (exact) mass is 555 g/mol. The van der Waals surface area contributed by atoms with Gasteiger partial charge < -0.3 is 10.2 Å². The van der Waals surface area contributed by atoms with Gasteiger partial charge >= 0.3 is 0 Å². The Balaban J connectivity index is 2.40. The fourth-order valence-electron chi connectivity index (χ4n) is 3.24. The molecule has 0 aliphatic rings. The highest BCUT2D eigenvalue weighted by molar-refractivity contribution is 9.10. The second kappa shape index (κ2) is 11.8. The molecule has 1 N–H and O–H groups in total. The number of carbonyl (C=O) groups is 2. The lowest BCUT2D eigenvalue weighted by Gasteiger charge is -2.31. The van der Waals surface area contributed by atoms with Gasteiger partial charge in [-0.2, -0.15) is 0 Å². The summed E-state index contributed by atoms with van der Waals surface area (Å²) in [5.41, 5.74) is 1.34. The van der Waals surface area contributed by atoms with E-state index in [0.717, 1.165) is 20.6 Å². The molecule has 0 saturated heterocycles. The summed E-state index contributed by atoms with van der Waals surface area (Å²) in [6.45, 7) is 6.94. The van der Waals surface area contributed by atoms with Gasteiger partial charge in [-0.1, -0.05) is 48.0 Å². The summed E-state index contributed by atoms with van der Waals surface area (Å²) in [5.74, 6) is -1.34. The number of sulfonamides is 1. The van der Waals surface area contributed by atoms with Crippen LogP contribution < -0.4 is 9.62 Å². The summed E-state index contributed by atoms with van der Waals surface area (Å²) >= 11 is 3.38. The van der Waals surface area contributed by atoms with E-state index in [9.17, 15) is 22.4 Å². The third kappa shape index (κ3) is 7.53. The van der Waals surface area contributed by atoms with E-state index in [1.165, 1.54) is 23.1 Å². The Morgan fingerprint density at radius 3 is 2.32 bits per heavy atom. The van der Waals surface area contributed by atoms with Crippen LogP contribution in [0.15, 0.2) is 46.9 Å². The third-order valence-electron chi connectivity index (χ3n) is 5.26. The van der Waals surface area contributed by atoms with E-state index in [0.29, 0.717) is 12.2 Å². The van der Waals surface area contributed by atoms with Crippen molar-refractivity contribution in [3.05, 3.63) is 63.9 Å². The average Bonchev–Trinajstić information content (AvgIpc) is 2.75. The number of nitrogens with zero attached hydrogens (tertiary/aromatic N) is 2. The van der Waals surface area contributed by atoms with Crippen molar-refractivity contribution in [2.45, 2.75) is 40.3 Å². The number of amides is 2. The van der Waals surface area contributed by atoms with E-state index in [1.807, 2.05) is 20.8 Å². The average molecular weight is 556 g/mol. The first-order valence-corrected chi connectivity index (χ1v) is 13.5. The summed E-state index contributed by atoms with van der Waals surface area (Å²) < 4.78 is 41.3. The van der Waals surface area contributed by atoms with Gasteiger partial charge in [-0.3, -0.25) is 13.9 Å². The number of rotatable bonds is 10. The maximum Gasteiger partial charge on any atom is 0.244 e. The van der Waals surface area contributed by atoms with Crippen LogP contribution in [0.2, 0.25) is 0 Å². The Hall–Kier alpha value is -2.46. The van der Waals surface area contributed by atoms with Gasteiger partial charge in [0, 0.05) is 23.1 Å². The number of hydrogen-bond acceptors (Lipinski definition) is 4. The standard InChI is InChI=1S/C24H31BrFN3O4S/c1-16(2)13-27-24(31)18(4)28(14-19-8-6-7-9-22(19)26)23(30)15-29(34(5,32)33)20-10-11-21(25)17(3)12-20/h6-12,16,18H,13-15H2,1-5H3,(H,27,31). The molecular formula is C24H31BrFN3O4S. The van der Waals surface area contributed by atoms with E-state index in [1.54, 1.807) is 31.2 Å². The third-order valence-corrected chi connectivity index (χ3v) is 7.29.